The van der Waals surface area contributed by atoms with Crippen LogP contribution in [0, 0.1) is 23.2 Å². The topological polar surface area (TPSA) is 71.3 Å². The van der Waals surface area contributed by atoms with Crippen LogP contribution in [0.1, 0.15) is 20.8 Å². The number of carbonyl (C=O) groups is 1. The van der Waals surface area contributed by atoms with Crippen molar-refractivity contribution in [3.05, 3.63) is 24.3 Å². The molecule has 1 saturated heterocycles. The molecule has 112 valence electrons. The first kappa shape index (κ1) is 15.3. The summed E-state index contributed by atoms with van der Waals surface area (Å²) in [5.41, 5.74) is 0.580. The highest BCUT2D eigenvalue weighted by atomic mass is 16.5. The van der Waals surface area contributed by atoms with E-state index in [9.17, 15) is 4.79 Å². The van der Waals surface area contributed by atoms with Gasteiger partial charge in [0.25, 0.3) is 0 Å². The predicted molar refractivity (Wildman–Crippen MR) is 78.8 cm³/mol. The number of amides is 1. The number of nitriles is 1. The predicted octanol–water partition coefficient (Wildman–Crippen LogP) is 2.59. The molecular weight excluding hydrogens is 268 g/mol. The molecule has 0 radical (unpaired) electrons. The van der Waals surface area contributed by atoms with E-state index in [0.29, 0.717) is 11.4 Å². The maximum Gasteiger partial charge on any atom is 0.230 e. The number of benzene rings is 1. The van der Waals surface area contributed by atoms with Crippen LogP contribution in [0.4, 0.5) is 5.69 Å². The van der Waals surface area contributed by atoms with Crippen LogP contribution in [0.15, 0.2) is 24.3 Å². The highest BCUT2D eigenvalue weighted by Crippen LogP contribution is 2.34. The van der Waals surface area contributed by atoms with Crippen LogP contribution in [0.25, 0.3) is 0 Å². The molecule has 1 amide bonds. The zero-order valence-corrected chi connectivity index (χ0v) is 12.5. The molecule has 5 nitrogen and oxygen atoms in total. The Morgan fingerprint density at radius 3 is 2.67 bits per heavy atom. The lowest BCUT2D eigenvalue weighted by molar-refractivity contribution is -0.121. The van der Waals surface area contributed by atoms with Gasteiger partial charge in [-0.05, 0) is 31.9 Å². The summed E-state index contributed by atoms with van der Waals surface area (Å²) in [7, 11) is 0. The molecule has 2 rings (SSSR count). The first-order chi connectivity index (χ1) is 10.0. The molecule has 1 aromatic carbocycles. The van der Waals surface area contributed by atoms with Gasteiger partial charge in [0.2, 0.25) is 5.91 Å². The van der Waals surface area contributed by atoms with Gasteiger partial charge < -0.3 is 14.8 Å². The Morgan fingerprint density at radius 1 is 1.33 bits per heavy atom. The van der Waals surface area contributed by atoms with Crippen molar-refractivity contribution in [3.8, 4) is 11.8 Å². The molecule has 4 unspecified atom stereocenters. The lowest BCUT2D eigenvalue weighted by Crippen LogP contribution is -2.32. The Balaban J connectivity index is 2.11. The monoisotopic (exact) mass is 288 g/mol. The average molecular weight is 288 g/mol. The van der Waals surface area contributed by atoms with Gasteiger partial charge in [-0.25, -0.2) is 0 Å². The zero-order chi connectivity index (χ0) is 15.4. The van der Waals surface area contributed by atoms with E-state index in [1.165, 1.54) is 0 Å². The highest BCUT2D eigenvalue weighted by Gasteiger charge is 2.41. The molecule has 5 heteroatoms. The lowest BCUT2D eigenvalue weighted by Gasteiger charge is -2.19. The van der Waals surface area contributed by atoms with Crippen molar-refractivity contribution in [1.82, 2.24) is 0 Å². The van der Waals surface area contributed by atoms with Crippen molar-refractivity contribution < 1.29 is 14.3 Å². The third-order valence-corrected chi connectivity index (χ3v) is 3.98. The minimum atomic E-state index is -0.191. The highest BCUT2D eigenvalue weighted by molar-refractivity contribution is 5.94. The Bertz CT molecular complexity index is 553. The van der Waals surface area contributed by atoms with Gasteiger partial charge in [-0.3, -0.25) is 4.79 Å². The molecule has 0 bridgehead atoms. The van der Waals surface area contributed by atoms with Crippen molar-refractivity contribution in [2.24, 2.45) is 11.8 Å². The van der Waals surface area contributed by atoms with Crippen molar-refractivity contribution >= 4 is 11.6 Å². The lowest BCUT2D eigenvalue weighted by atomic mass is 9.89. The largest absolute Gasteiger partial charge is 0.477 e. The van der Waals surface area contributed by atoms with Gasteiger partial charge in [0.1, 0.15) is 11.8 Å². The maximum absolute atomic E-state index is 12.5. The number of para-hydroxylation sites is 2. The third-order valence-electron chi connectivity index (χ3n) is 3.98. The number of anilines is 1. The van der Waals surface area contributed by atoms with Gasteiger partial charge in [-0.15, -0.1) is 0 Å². The van der Waals surface area contributed by atoms with Crippen LogP contribution >= 0.6 is 0 Å². The Morgan fingerprint density at radius 2 is 2.05 bits per heavy atom. The molecule has 0 aliphatic carbocycles. The fourth-order valence-corrected chi connectivity index (χ4v) is 2.74. The second-order valence-electron chi connectivity index (χ2n) is 5.36. The van der Waals surface area contributed by atoms with Crippen LogP contribution < -0.4 is 10.1 Å². The van der Waals surface area contributed by atoms with Crippen LogP contribution in [0.2, 0.25) is 0 Å². The molecule has 1 heterocycles. The standard InChI is InChI=1S/C16H20N2O3/c1-10-11(2)21-12(3)15(10)16(19)18-13-6-4-5-7-14(13)20-9-8-17/h4-7,10-12,15H,9H2,1-3H3,(H,18,19). The van der Waals surface area contributed by atoms with Crippen LogP contribution in [0.5, 0.6) is 5.75 Å². The second kappa shape index (κ2) is 6.59. The van der Waals surface area contributed by atoms with E-state index in [-0.39, 0.29) is 36.6 Å². The molecular formula is C16H20N2O3. The van der Waals surface area contributed by atoms with Crippen LogP contribution in [0.3, 0.4) is 0 Å². The summed E-state index contributed by atoms with van der Waals surface area (Å²) < 4.78 is 11.0. The number of carbonyl (C=O) groups excluding carboxylic acids is 1. The van der Waals surface area contributed by atoms with E-state index in [1.54, 1.807) is 18.2 Å². The summed E-state index contributed by atoms with van der Waals surface area (Å²) in [6, 6.07) is 9.02. The molecule has 1 aliphatic rings. The Hall–Kier alpha value is -2.06. The van der Waals surface area contributed by atoms with Crippen molar-refractivity contribution in [3.63, 3.8) is 0 Å². The van der Waals surface area contributed by atoms with Gasteiger partial charge in [-0.1, -0.05) is 19.1 Å². The van der Waals surface area contributed by atoms with E-state index in [4.69, 9.17) is 14.7 Å². The molecule has 0 saturated carbocycles. The maximum atomic E-state index is 12.5. The van der Waals surface area contributed by atoms with Crippen LogP contribution in [-0.2, 0) is 9.53 Å². The minimum Gasteiger partial charge on any atom is -0.477 e. The molecule has 1 N–H and O–H groups in total. The summed E-state index contributed by atoms with van der Waals surface area (Å²) in [4.78, 5) is 12.5. The van der Waals surface area contributed by atoms with E-state index in [0.717, 1.165) is 0 Å². The molecule has 1 aromatic rings. The van der Waals surface area contributed by atoms with Crippen molar-refractivity contribution in [1.29, 1.82) is 5.26 Å². The van der Waals surface area contributed by atoms with Gasteiger partial charge >= 0.3 is 0 Å². The van der Waals surface area contributed by atoms with Gasteiger partial charge in [-0.2, -0.15) is 5.26 Å². The van der Waals surface area contributed by atoms with Crippen molar-refractivity contribution in [2.45, 2.75) is 33.0 Å². The summed E-state index contributed by atoms with van der Waals surface area (Å²) in [6.45, 7) is 5.88. The first-order valence-corrected chi connectivity index (χ1v) is 7.09. The normalized spacial score (nSPS) is 27.9. The molecule has 21 heavy (non-hydrogen) atoms. The van der Waals surface area contributed by atoms with E-state index in [1.807, 2.05) is 32.9 Å². The van der Waals surface area contributed by atoms with Gasteiger partial charge in [0.05, 0.1) is 23.8 Å². The number of nitrogens with one attached hydrogen (secondary N) is 1. The molecule has 1 fully saturated rings. The molecule has 0 aromatic heterocycles. The SMILES string of the molecule is CC1OC(C)C(C(=O)Nc2ccccc2OCC#N)C1C. The quantitative estimate of drug-likeness (QED) is 0.924. The fraction of sp³-hybridized carbons (Fsp3) is 0.500. The third kappa shape index (κ3) is 3.34. The number of hydrogen-bond acceptors (Lipinski definition) is 4. The summed E-state index contributed by atoms with van der Waals surface area (Å²) in [5, 5.41) is 11.5. The number of rotatable bonds is 4. The summed E-state index contributed by atoms with van der Waals surface area (Å²) in [6.07, 6.45) is -0.0389. The number of hydrogen-bond donors (Lipinski definition) is 1. The van der Waals surface area contributed by atoms with Gasteiger partial charge in [0, 0.05) is 0 Å². The number of ether oxygens (including phenoxy) is 2. The van der Waals surface area contributed by atoms with Gasteiger partial charge in [0.15, 0.2) is 6.61 Å². The first-order valence-electron chi connectivity index (χ1n) is 7.09. The van der Waals surface area contributed by atoms with Crippen LogP contribution in [-0.4, -0.2) is 24.7 Å². The summed E-state index contributed by atoms with van der Waals surface area (Å²) in [5.74, 6) is 0.392. The average Bonchev–Trinajstić information content (AvgIpc) is 2.71. The summed E-state index contributed by atoms with van der Waals surface area (Å²) >= 11 is 0. The molecule has 4 atom stereocenters. The Labute approximate surface area is 124 Å². The Kier molecular flexibility index (Phi) is 4.81. The van der Waals surface area contributed by atoms with E-state index >= 15 is 0 Å². The minimum absolute atomic E-state index is 0.0523. The molecule has 0 spiro atoms. The molecule has 1 aliphatic heterocycles. The number of nitrogens with zero attached hydrogens (tertiary/aromatic N) is 1. The zero-order valence-electron chi connectivity index (χ0n) is 12.5. The smallest absolute Gasteiger partial charge is 0.230 e. The van der Waals surface area contributed by atoms with Crippen molar-refractivity contribution in [2.75, 3.05) is 11.9 Å². The van der Waals surface area contributed by atoms with E-state index in [2.05, 4.69) is 5.32 Å². The fourth-order valence-electron chi connectivity index (χ4n) is 2.74. The second-order valence-corrected chi connectivity index (χ2v) is 5.36. The van der Waals surface area contributed by atoms with E-state index < -0.39 is 0 Å².